The van der Waals surface area contributed by atoms with Gasteiger partial charge in [-0.3, -0.25) is 4.99 Å². The fourth-order valence-corrected chi connectivity index (χ4v) is 3.17. The summed E-state index contributed by atoms with van der Waals surface area (Å²) in [7, 11) is 4.18. The van der Waals surface area contributed by atoms with Crippen molar-refractivity contribution < 1.29 is 0 Å². The third-order valence-electron chi connectivity index (χ3n) is 4.57. The van der Waals surface area contributed by atoms with Gasteiger partial charge in [-0.2, -0.15) is 0 Å². The van der Waals surface area contributed by atoms with Crippen molar-refractivity contribution in [2.75, 3.05) is 20.1 Å². The Kier molecular flexibility index (Phi) is 4.70. The van der Waals surface area contributed by atoms with Gasteiger partial charge in [0.1, 0.15) is 0 Å². The lowest BCUT2D eigenvalue weighted by Crippen LogP contribution is -2.39. The number of aromatic nitrogens is 1. The van der Waals surface area contributed by atoms with Gasteiger partial charge < -0.3 is 14.8 Å². The average molecular weight is 310 g/mol. The van der Waals surface area contributed by atoms with Gasteiger partial charge in [-0.15, -0.1) is 0 Å². The highest BCUT2D eigenvalue weighted by molar-refractivity contribution is 5.79. The molecule has 23 heavy (non-hydrogen) atoms. The first kappa shape index (κ1) is 15.7. The molecule has 3 rings (SSSR count). The molecule has 4 heteroatoms. The predicted octanol–water partition coefficient (Wildman–Crippen LogP) is 2.76. The van der Waals surface area contributed by atoms with E-state index in [-0.39, 0.29) is 0 Å². The van der Waals surface area contributed by atoms with Crippen LogP contribution in [-0.4, -0.2) is 35.6 Å². The number of aliphatic imine (C=N–C) groups is 1. The van der Waals surface area contributed by atoms with Gasteiger partial charge in [-0.1, -0.05) is 24.3 Å². The molecule has 1 atom stereocenters. The Balaban J connectivity index is 1.65. The minimum atomic E-state index is 0.572. The molecule has 0 spiro atoms. The molecule has 0 fully saturated rings. The summed E-state index contributed by atoms with van der Waals surface area (Å²) >= 11 is 0. The Morgan fingerprint density at radius 3 is 2.83 bits per heavy atom. The smallest absolute Gasteiger partial charge is 0.194 e. The first-order valence-electron chi connectivity index (χ1n) is 8.36. The second-order valence-corrected chi connectivity index (χ2v) is 6.26. The predicted molar refractivity (Wildman–Crippen MR) is 95.7 cm³/mol. The summed E-state index contributed by atoms with van der Waals surface area (Å²) < 4.78 is 2.16. The number of nitrogens with one attached hydrogen (secondary N) is 1. The number of nitrogens with zero attached hydrogens (tertiary/aromatic N) is 3. The highest BCUT2D eigenvalue weighted by atomic mass is 15.3. The number of guanidine groups is 1. The van der Waals surface area contributed by atoms with Crippen LogP contribution in [0.1, 0.15) is 29.7 Å². The maximum Gasteiger partial charge on any atom is 0.194 e. The molecule has 0 saturated heterocycles. The zero-order valence-corrected chi connectivity index (χ0v) is 14.3. The molecule has 1 aliphatic carbocycles. The van der Waals surface area contributed by atoms with Gasteiger partial charge in [-0.05, 0) is 36.6 Å². The molecule has 1 aromatic heterocycles. The Morgan fingerprint density at radius 2 is 2.13 bits per heavy atom. The van der Waals surface area contributed by atoms with E-state index in [4.69, 9.17) is 4.99 Å². The van der Waals surface area contributed by atoms with E-state index in [1.54, 1.807) is 0 Å². The molecule has 0 saturated carbocycles. The first-order valence-corrected chi connectivity index (χ1v) is 8.36. The molecular formula is C19H26N4. The molecular weight excluding hydrogens is 284 g/mol. The van der Waals surface area contributed by atoms with Crippen LogP contribution < -0.4 is 5.32 Å². The topological polar surface area (TPSA) is 32.6 Å². The van der Waals surface area contributed by atoms with E-state index < -0.39 is 0 Å². The normalized spacial score (nSPS) is 16.7. The van der Waals surface area contributed by atoms with Gasteiger partial charge in [0.2, 0.25) is 0 Å². The Labute approximate surface area is 138 Å². The van der Waals surface area contributed by atoms with Crippen molar-refractivity contribution in [3.05, 3.63) is 59.4 Å². The average Bonchev–Trinajstić information content (AvgIpc) is 2.92. The third-order valence-corrected chi connectivity index (χ3v) is 4.57. The number of rotatable bonds is 5. The number of hydrogen-bond donors (Lipinski definition) is 1. The van der Waals surface area contributed by atoms with Crippen LogP contribution in [-0.2, 0) is 20.0 Å². The summed E-state index contributed by atoms with van der Waals surface area (Å²) in [4.78, 5) is 7.06. The van der Waals surface area contributed by atoms with Crippen LogP contribution in [0, 0.1) is 0 Å². The molecule has 122 valence electrons. The SMILES string of the molecule is CCNC(=NCC1Cc2ccccc21)N(C)Cc1cccn1C. The van der Waals surface area contributed by atoms with Crippen molar-refractivity contribution in [3.8, 4) is 0 Å². The lowest BCUT2D eigenvalue weighted by atomic mass is 9.78. The highest BCUT2D eigenvalue weighted by Crippen LogP contribution is 2.34. The second kappa shape index (κ2) is 6.90. The maximum atomic E-state index is 4.87. The number of aryl methyl sites for hydroxylation is 1. The second-order valence-electron chi connectivity index (χ2n) is 6.26. The third kappa shape index (κ3) is 3.41. The summed E-state index contributed by atoms with van der Waals surface area (Å²) in [5.74, 6) is 1.56. The number of hydrogen-bond acceptors (Lipinski definition) is 1. The van der Waals surface area contributed by atoms with Crippen LogP contribution in [0.3, 0.4) is 0 Å². The Bertz CT molecular complexity index is 686. The summed E-state index contributed by atoms with van der Waals surface area (Å²) in [6.07, 6.45) is 3.24. The molecule has 2 aromatic rings. The summed E-state index contributed by atoms with van der Waals surface area (Å²) in [5, 5.41) is 3.41. The van der Waals surface area contributed by atoms with Gasteiger partial charge in [0.15, 0.2) is 5.96 Å². The summed E-state index contributed by atoms with van der Waals surface area (Å²) in [6, 6.07) is 12.9. The van der Waals surface area contributed by atoms with E-state index in [0.717, 1.165) is 32.0 Å². The number of benzene rings is 1. The molecule has 1 heterocycles. The lowest BCUT2D eigenvalue weighted by Gasteiger charge is -2.29. The van der Waals surface area contributed by atoms with E-state index in [0.29, 0.717) is 5.92 Å². The molecule has 0 amide bonds. The van der Waals surface area contributed by atoms with Gasteiger partial charge in [0.25, 0.3) is 0 Å². The van der Waals surface area contributed by atoms with E-state index in [9.17, 15) is 0 Å². The molecule has 1 aromatic carbocycles. The fourth-order valence-electron chi connectivity index (χ4n) is 3.17. The van der Waals surface area contributed by atoms with Crippen molar-refractivity contribution in [2.45, 2.75) is 25.8 Å². The van der Waals surface area contributed by atoms with Crippen LogP contribution in [0.25, 0.3) is 0 Å². The van der Waals surface area contributed by atoms with Gasteiger partial charge in [0, 0.05) is 45.0 Å². The molecule has 1 aliphatic rings. The van der Waals surface area contributed by atoms with E-state index in [2.05, 4.69) is 78.4 Å². The van der Waals surface area contributed by atoms with Crippen molar-refractivity contribution in [1.82, 2.24) is 14.8 Å². The Hall–Kier alpha value is -2.23. The maximum absolute atomic E-state index is 4.87. The summed E-state index contributed by atoms with van der Waals surface area (Å²) in [5.41, 5.74) is 4.24. The monoisotopic (exact) mass is 310 g/mol. The molecule has 0 bridgehead atoms. The minimum absolute atomic E-state index is 0.572. The van der Waals surface area contributed by atoms with Gasteiger partial charge >= 0.3 is 0 Å². The van der Waals surface area contributed by atoms with Gasteiger partial charge in [0.05, 0.1) is 6.54 Å². The molecule has 4 nitrogen and oxygen atoms in total. The molecule has 1 unspecified atom stereocenters. The molecule has 0 radical (unpaired) electrons. The van der Waals surface area contributed by atoms with Crippen LogP contribution >= 0.6 is 0 Å². The standard InChI is InChI=1S/C19H26N4/c1-4-20-19(23(3)14-17-9-7-11-22(17)2)21-13-16-12-15-8-5-6-10-18(15)16/h5-11,16H,4,12-14H2,1-3H3,(H,20,21). The number of fused-ring (bicyclic) bond motifs is 1. The van der Waals surface area contributed by atoms with Crippen LogP contribution in [0.15, 0.2) is 47.6 Å². The molecule has 0 aliphatic heterocycles. The van der Waals surface area contributed by atoms with Crippen LogP contribution in [0.4, 0.5) is 0 Å². The van der Waals surface area contributed by atoms with Gasteiger partial charge in [-0.25, -0.2) is 0 Å². The fraction of sp³-hybridized carbons (Fsp3) is 0.421. The first-order chi connectivity index (χ1) is 11.2. The van der Waals surface area contributed by atoms with E-state index >= 15 is 0 Å². The largest absolute Gasteiger partial charge is 0.357 e. The van der Waals surface area contributed by atoms with Crippen molar-refractivity contribution >= 4 is 5.96 Å². The van der Waals surface area contributed by atoms with E-state index in [1.807, 2.05) is 0 Å². The highest BCUT2D eigenvalue weighted by Gasteiger charge is 2.25. The quantitative estimate of drug-likeness (QED) is 0.680. The van der Waals surface area contributed by atoms with E-state index in [1.165, 1.54) is 16.8 Å². The lowest BCUT2D eigenvalue weighted by molar-refractivity contribution is 0.459. The summed E-state index contributed by atoms with van der Waals surface area (Å²) in [6.45, 7) is 4.72. The van der Waals surface area contributed by atoms with Crippen molar-refractivity contribution in [2.24, 2.45) is 12.0 Å². The van der Waals surface area contributed by atoms with Crippen molar-refractivity contribution in [1.29, 1.82) is 0 Å². The minimum Gasteiger partial charge on any atom is -0.357 e. The zero-order valence-electron chi connectivity index (χ0n) is 14.3. The van der Waals surface area contributed by atoms with Crippen LogP contribution in [0.2, 0.25) is 0 Å². The van der Waals surface area contributed by atoms with Crippen molar-refractivity contribution in [3.63, 3.8) is 0 Å². The van der Waals surface area contributed by atoms with Crippen LogP contribution in [0.5, 0.6) is 0 Å². The molecule has 1 N–H and O–H groups in total. The Morgan fingerprint density at radius 1 is 1.30 bits per heavy atom. The zero-order chi connectivity index (χ0) is 16.2.